The molecule has 0 radical (unpaired) electrons. The average molecular weight is 418 g/mol. The van der Waals surface area contributed by atoms with Gasteiger partial charge < -0.3 is 9.64 Å². The third kappa shape index (κ3) is 3.97. The fourth-order valence-electron chi connectivity index (χ4n) is 3.33. The molecule has 1 fully saturated rings. The number of ether oxygens (including phenoxy) is 1. The Morgan fingerprint density at radius 2 is 1.92 bits per heavy atom. The SMILES string of the molecule is COc1ccc(Br)cc1C[NH+](C)CN1C(=O)C[C@@H](c2ccccc2)C1=O. The molecule has 6 heteroatoms. The number of quaternary nitrogens is 1. The smallest absolute Gasteiger partial charge is 0.241 e. The Kier molecular flexibility index (Phi) is 5.74. The van der Waals surface area contributed by atoms with E-state index in [1.807, 2.05) is 55.6 Å². The van der Waals surface area contributed by atoms with Crippen LogP contribution in [0.4, 0.5) is 0 Å². The Bertz CT molecular complexity index is 810. The van der Waals surface area contributed by atoms with Gasteiger partial charge in [-0.1, -0.05) is 46.3 Å². The first-order valence-electron chi connectivity index (χ1n) is 8.52. The third-order valence-electron chi connectivity index (χ3n) is 4.61. The molecular formula is C20H22BrN2O3+. The van der Waals surface area contributed by atoms with Crippen molar-refractivity contribution in [2.75, 3.05) is 20.8 Å². The van der Waals surface area contributed by atoms with Gasteiger partial charge in [0.2, 0.25) is 11.8 Å². The van der Waals surface area contributed by atoms with Crippen LogP contribution in [0, 0.1) is 0 Å². The second kappa shape index (κ2) is 8.01. The molecule has 0 spiro atoms. The molecule has 0 aromatic heterocycles. The Morgan fingerprint density at radius 1 is 1.19 bits per heavy atom. The molecule has 2 atom stereocenters. The maximum absolute atomic E-state index is 12.7. The molecule has 1 saturated heterocycles. The highest BCUT2D eigenvalue weighted by Gasteiger charge is 2.40. The molecule has 1 aliphatic heterocycles. The number of nitrogens with zero attached hydrogens (tertiary/aromatic N) is 1. The highest BCUT2D eigenvalue weighted by Crippen LogP contribution is 2.28. The number of carbonyl (C=O) groups excluding carboxylic acids is 2. The maximum Gasteiger partial charge on any atom is 0.241 e. The summed E-state index contributed by atoms with van der Waals surface area (Å²) in [5, 5.41) is 0. The van der Waals surface area contributed by atoms with Crippen LogP contribution in [0.5, 0.6) is 5.75 Å². The van der Waals surface area contributed by atoms with Gasteiger partial charge in [-0.15, -0.1) is 0 Å². The van der Waals surface area contributed by atoms with Gasteiger partial charge in [-0.3, -0.25) is 9.59 Å². The minimum absolute atomic E-state index is 0.107. The van der Waals surface area contributed by atoms with Crippen molar-refractivity contribution in [1.29, 1.82) is 0 Å². The van der Waals surface area contributed by atoms with Crippen LogP contribution in [0.25, 0.3) is 0 Å². The van der Waals surface area contributed by atoms with E-state index in [1.54, 1.807) is 7.11 Å². The zero-order chi connectivity index (χ0) is 18.7. The number of benzene rings is 2. The zero-order valence-corrected chi connectivity index (χ0v) is 16.5. The Hall–Kier alpha value is -2.18. The van der Waals surface area contributed by atoms with E-state index in [0.717, 1.165) is 26.2 Å². The molecule has 1 unspecified atom stereocenters. The minimum Gasteiger partial charge on any atom is -0.496 e. The molecule has 136 valence electrons. The lowest BCUT2D eigenvalue weighted by atomic mass is 9.98. The quantitative estimate of drug-likeness (QED) is 0.730. The van der Waals surface area contributed by atoms with Gasteiger partial charge in [-0.2, -0.15) is 0 Å². The van der Waals surface area contributed by atoms with Crippen molar-refractivity contribution in [3.05, 3.63) is 64.1 Å². The van der Waals surface area contributed by atoms with Gasteiger partial charge in [0, 0.05) is 16.5 Å². The molecule has 2 aromatic rings. The van der Waals surface area contributed by atoms with E-state index in [-0.39, 0.29) is 24.2 Å². The maximum atomic E-state index is 12.7. The number of methoxy groups -OCH3 is 1. The molecule has 3 rings (SSSR count). The van der Waals surface area contributed by atoms with Crippen LogP contribution in [0.15, 0.2) is 53.0 Å². The van der Waals surface area contributed by atoms with Crippen molar-refractivity contribution in [2.24, 2.45) is 0 Å². The highest BCUT2D eigenvalue weighted by molar-refractivity contribution is 9.10. The Labute approximate surface area is 161 Å². The standard InChI is InChI=1S/C20H21BrN2O3/c1-22(12-15-10-16(21)8-9-18(15)26-2)13-23-19(24)11-17(20(23)25)14-6-4-3-5-7-14/h3-10,17H,11-13H2,1-2H3/p+1/t17-/m0/s1. The Morgan fingerprint density at radius 3 is 2.62 bits per heavy atom. The summed E-state index contributed by atoms with van der Waals surface area (Å²) < 4.78 is 6.38. The molecular weight excluding hydrogens is 396 g/mol. The average Bonchev–Trinajstić information content (AvgIpc) is 2.91. The lowest BCUT2D eigenvalue weighted by Crippen LogP contribution is -3.09. The van der Waals surface area contributed by atoms with Crippen molar-refractivity contribution in [2.45, 2.75) is 18.9 Å². The molecule has 1 N–H and O–H groups in total. The summed E-state index contributed by atoms with van der Waals surface area (Å²) >= 11 is 3.47. The highest BCUT2D eigenvalue weighted by atomic mass is 79.9. The van der Waals surface area contributed by atoms with Gasteiger partial charge in [0.15, 0.2) is 6.67 Å². The van der Waals surface area contributed by atoms with Crippen LogP contribution < -0.4 is 9.64 Å². The number of halogens is 1. The first kappa shape index (κ1) is 18.6. The second-order valence-electron chi connectivity index (χ2n) is 6.58. The summed E-state index contributed by atoms with van der Waals surface area (Å²) in [5.74, 6) is 0.219. The summed E-state index contributed by atoms with van der Waals surface area (Å²) in [5.41, 5.74) is 1.93. The van der Waals surface area contributed by atoms with Gasteiger partial charge in [-0.05, 0) is 23.8 Å². The fraction of sp³-hybridized carbons (Fsp3) is 0.300. The van der Waals surface area contributed by atoms with E-state index in [2.05, 4.69) is 15.9 Å². The first-order valence-corrected chi connectivity index (χ1v) is 9.31. The number of hydrogen-bond acceptors (Lipinski definition) is 3. The summed E-state index contributed by atoms with van der Waals surface area (Å²) in [4.78, 5) is 27.6. The van der Waals surface area contributed by atoms with E-state index in [9.17, 15) is 9.59 Å². The molecule has 0 bridgehead atoms. The van der Waals surface area contributed by atoms with Gasteiger partial charge in [0.05, 0.1) is 20.1 Å². The van der Waals surface area contributed by atoms with Crippen LogP contribution in [0.3, 0.4) is 0 Å². The van der Waals surface area contributed by atoms with Crippen LogP contribution in [-0.4, -0.2) is 37.5 Å². The number of imide groups is 1. The lowest BCUT2D eigenvalue weighted by molar-refractivity contribution is -0.901. The second-order valence-corrected chi connectivity index (χ2v) is 7.49. The summed E-state index contributed by atoms with van der Waals surface area (Å²) in [6, 6.07) is 15.3. The topological polar surface area (TPSA) is 51.1 Å². The fourth-order valence-corrected chi connectivity index (χ4v) is 3.74. The van der Waals surface area contributed by atoms with Crippen molar-refractivity contribution in [3.63, 3.8) is 0 Å². The third-order valence-corrected chi connectivity index (χ3v) is 5.10. The lowest BCUT2D eigenvalue weighted by Gasteiger charge is -2.21. The summed E-state index contributed by atoms with van der Waals surface area (Å²) in [6.45, 7) is 0.992. The van der Waals surface area contributed by atoms with E-state index in [4.69, 9.17) is 4.74 Å². The number of nitrogens with one attached hydrogen (secondary N) is 1. The van der Waals surface area contributed by atoms with E-state index in [0.29, 0.717) is 13.2 Å². The van der Waals surface area contributed by atoms with Crippen LogP contribution >= 0.6 is 15.9 Å². The predicted octanol–water partition coefficient (Wildman–Crippen LogP) is 1.97. The minimum atomic E-state index is -0.364. The van der Waals surface area contributed by atoms with Gasteiger partial charge in [0.25, 0.3) is 0 Å². The van der Waals surface area contributed by atoms with Crippen LogP contribution in [-0.2, 0) is 16.1 Å². The van der Waals surface area contributed by atoms with Gasteiger partial charge in [0.1, 0.15) is 12.3 Å². The predicted molar refractivity (Wildman–Crippen MR) is 102 cm³/mol. The number of hydrogen-bond donors (Lipinski definition) is 1. The van der Waals surface area contributed by atoms with E-state index >= 15 is 0 Å². The molecule has 2 aromatic carbocycles. The molecule has 2 amide bonds. The number of likely N-dealkylation sites (tertiary alicyclic amines) is 1. The van der Waals surface area contributed by atoms with Crippen molar-refractivity contribution in [1.82, 2.24) is 4.90 Å². The molecule has 1 aliphatic rings. The van der Waals surface area contributed by atoms with Crippen molar-refractivity contribution >= 4 is 27.7 Å². The largest absolute Gasteiger partial charge is 0.496 e. The molecule has 0 saturated carbocycles. The Balaban J connectivity index is 1.70. The summed E-state index contributed by atoms with van der Waals surface area (Å²) in [6.07, 6.45) is 0.246. The van der Waals surface area contributed by atoms with Crippen molar-refractivity contribution in [3.8, 4) is 5.75 Å². The first-order chi connectivity index (χ1) is 12.5. The van der Waals surface area contributed by atoms with E-state index < -0.39 is 0 Å². The monoisotopic (exact) mass is 417 g/mol. The van der Waals surface area contributed by atoms with Gasteiger partial charge >= 0.3 is 0 Å². The van der Waals surface area contributed by atoms with Crippen LogP contribution in [0.2, 0.25) is 0 Å². The van der Waals surface area contributed by atoms with Crippen LogP contribution in [0.1, 0.15) is 23.5 Å². The van der Waals surface area contributed by atoms with Crippen molar-refractivity contribution < 1.29 is 19.2 Å². The number of amides is 2. The normalized spacial score (nSPS) is 18.3. The van der Waals surface area contributed by atoms with E-state index in [1.165, 1.54) is 4.90 Å². The number of rotatable bonds is 6. The summed E-state index contributed by atoms with van der Waals surface area (Å²) in [7, 11) is 3.61. The molecule has 26 heavy (non-hydrogen) atoms. The zero-order valence-electron chi connectivity index (χ0n) is 14.9. The molecule has 1 heterocycles. The molecule has 0 aliphatic carbocycles. The number of carbonyl (C=O) groups is 2. The van der Waals surface area contributed by atoms with Gasteiger partial charge in [-0.25, -0.2) is 4.90 Å². The molecule has 5 nitrogen and oxygen atoms in total.